The maximum atomic E-state index is 10.4. The van der Waals surface area contributed by atoms with Crippen molar-refractivity contribution in [2.45, 2.75) is 102 Å². The molecule has 174 valence electrons. The highest BCUT2D eigenvalue weighted by Gasteiger charge is 2.51. The van der Waals surface area contributed by atoms with Crippen molar-refractivity contribution >= 4 is 0 Å². The molecule has 8 atom stereocenters. The molecule has 0 aromatic rings. The van der Waals surface area contributed by atoms with Gasteiger partial charge in [0.2, 0.25) is 0 Å². The number of hydrogen-bond acceptors (Lipinski definition) is 4. The van der Waals surface area contributed by atoms with Crippen molar-refractivity contribution < 1.29 is 20.1 Å². The van der Waals surface area contributed by atoms with Crippen LogP contribution in [-0.4, -0.2) is 45.8 Å². The summed E-state index contributed by atoms with van der Waals surface area (Å²) in [6.45, 7) is 11.6. The zero-order valence-electron chi connectivity index (χ0n) is 19.6. The van der Waals surface area contributed by atoms with Crippen molar-refractivity contribution in [2.24, 2.45) is 23.2 Å². The fourth-order valence-corrected chi connectivity index (χ4v) is 6.91. The van der Waals surface area contributed by atoms with E-state index in [1.54, 1.807) is 0 Å². The predicted octanol–water partition coefficient (Wildman–Crippen LogP) is 4.69. The Bertz CT molecular complexity index is 748. The Morgan fingerprint density at radius 2 is 1.94 bits per heavy atom. The summed E-state index contributed by atoms with van der Waals surface area (Å²) in [7, 11) is 0. The smallest absolute Gasteiger partial charge is 0.115 e. The maximum absolute atomic E-state index is 10.4. The molecule has 4 rings (SSSR count). The molecule has 31 heavy (non-hydrogen) atoms. The van der Waals surface area contributed by atoms with Crippen LogP contribution in [0.2, 0.25) is 0 Å². The molecule has 1 aliphatic heterocycles. The summed E-state index contributed by atoms with van der Waals surface area (Å²) in [4.78, 5) is 0. The molecule has 0 aromatic heterocycles. The lowest BCUT2D eigenvalue weighted by Gasteiger charge is -2.44. The van der Waals surface area contributed by atoms with E-state index in [1.807, 2.05) is 6.92 Å². The Morgan fingerprint density at radius 1 is 1.19 bits per heavy atom. The summed E-state index contributed by atoms with van der Waals surface area (Å²) in [6, 6.07) is 0. The Morgan fingerprint density at radius 3 is 2.65 bits per heavy atom. The molecule has 4 nitrogen and oxygen atoms in total. The second-order valence-electron chi connectivity index (χ2n) is 11.3. The minimum Gasteiger partial charge on any atom is -0.393 e. The Labute approximate surface area is 188 Å². The van der Waals surface area contributed by atoms with Crippen LogP contribution in [0.3, 0.4) is 0 Å². The standard InChI is InChI=1S/C27H42O4/c1-17(7-12-25(30)27(4)16-31-27)22-10-11-23-19(6-5-13-26(22,23)3)8-9-20-14-21(28)15-24(29)18(20)2/h8-9,17,21-25,28-30H,2,5-7,10-16H2,1,3-4H3/b19-8+,20-9+/t17-,21-,22-,23+,24+,25-,26-,27-/m1/s1. The number of aliphatic hydroxyl groups is 3. The van der Waals surface area contributed by atoms with Crippen LogP contribution in [-0.2, 0) is 4.74 Å². The molecule has 0 bridgehead atoms. The van der Waals surface area contributed by atoms with E-state index in [0.29, 0.717) is 42.6 Å². The van der Waals surface area contributed by atoms with Crippen molar-refractivity contribution in [3.63, 3.8) is 0 Å². The predicted molar refractivity (Wildman–Crippen MR) is 123 cm³/mol. The number of aliphatic hydroxyl groups excluding tert-OH is 3. The van der Waals surface area contributed by atoms with Crippen LogP contribution in [0, 0.1) is 23.2 Å². The van der Waals surface area contributed by atoms with Crippen LogP contribution in [0.1, 0.15) is 78.6 Å². The van der Waals surface area contributed by atoms with Gasteiger partial charge in [-0.05, 0) is 92.6 Å². The average molecular weight is 431 g/mol. The third-order valence-electron chi connectivity index (χ3n) is 9.19. The SMILES string of the molecule is C=C1/C(=C/C=C2\CCC[C@]3(C)[C@@H]([C@H](C)CC[C@@H](O)[C@@]4(C)CO4)CC[C@@H]23)C[C@@H](O)C[C@@H]1O. The van der Waals surface area contributed by atoms with Crippen molar-refractivity contribution in [3.8, 4) is 0 Å². The van der Waals surface area contributed by atoms with E-state index in [4.69, 9.17) is 4.74 Å². The second-order valence-corrected chi connectivity index (χ2v) is 11.3. The van der Waals surface area contributed by atoms with E-state index >= 15 is 0 Å². The summed E-state index contributed by atoms with van der Waals surface area (Å²) in [5, 5.41) is 30.6. The molecule has 3 aliphatic carbocycles. The van der Waals surface area contributed by atoms with E-state index in [9.17, 15) is 15.3 Å². The van der Waals surface area contributed by atoms with Gasteiger partial charge in [-0.15, -0.1) is 0 Å². The van der Waals surface area contributed by atoms with Gasteiger partial charge >= 0.3 is 0 Å². The zero-order chi connectivity index (χ0) is 22.4. The second kappa shape index (κ2) is 8.78. The highest BCUT2D eigenvalue weighted by Crippen LogP contribution is 2.60. The van der Waals surface area contributed by atoms with Crippen molar-refractivity contribution in [1.29, 1.82) is 0 Å². The molecule has 0 amide bonds. The number of fused-ring (bicyclic) bond motifs is 1. The summed E-state index contributed by atoms with van der Waals surface area (Å²) < 4.78 is 5.43. The van der Waals surface area contributed by atoms with Crippen molar-refractivity contribution in [2.75, 3.05) is 6.61 Å². The van der Waals surface area contributed by atoms with Gasteiger partial charge in [0.1, 0.15) is 5.60 Å². The van der Waals surface area contributed by atoms with Crippen LogP contribution in [0.25, 0.3) is 0 Å². The van der Waals surface area contributed by atoms with Crippen LogP contribution in [0.5, 0.6) is 0 Å². The quantitative estimate of drug-likeness (QED) is 0.534. The minimum atomic E-state index is -0.625. The van der Waals surface area contributed by atoms with Gasteiger partial charge in [0.05, 0.1) is 24.9 Å². The van der Waals surface area contributed by atoms with E-state index in [2.05, 4.69) is 32.6 Å². The minimum absolute atomic E-state index is 0.291. The highest BCUT2D eigenvalue weighted by molar-refractivity contribution is 5.38. The van der Waals surface area contributed by atoms with Gasteiger partial charge in [-0.3, -0.25) is 0 Å². The van der Waals surface area contributed by atoms with Gasteiger partial charge in [0.25, 0.3) is 0 Å². The lowest BCUT2D eigenvalue weighted by molar-refractivity contribution is 0.0546. The third kappa shape index (κ3) is 4.59. The Balaban J connectivity index is 1.44. The summed E-state index contributed by atoms with van der Waals surface area (Å²) in [5.41, 5.74) is 3.34. The first-order valence-electron chi connectivity index (χ1n) is 12.4. The van der Waals surface area contributed by atoms with Gasteiger partial charge in [-0.2, -0.15) is 0 Å². The molecule has 0 unspecified atom stereocenters. The molecule has 0 aromatic carbocycles. The van der Waals surface area contributed by atoms with Crippen molar-refractivity contribution in [3.05, 3.63) is 35.5 Å². The molecule has 3 saturated carbocycles. The number of epoxide rings is 1. The Hall–Kier alpha value is -0.940. The largest absolute Gasteiger partial charge is 0.393 e. The monoisotopic (exact) mass is 430 g/mol. The molecule has 0 spiro atoms. The molecule has 4 fully saturated rings. The fourth-order valence-electron chi connectivity index (χ4n) is 6.91. The first-order valence-corrected chi connectivity index (χ1v) is 12.4. The van der Waals surface area contributed by atoms with E-state index in [0.717, 1.165) is 30.4 Å². The Kier molecular flexibility index (Phi) is 6.58. The number of hydrogen-bond donors (Lipinski definition) is 3. The van der Waals surface area contributed by atoms with Crippen LogP contribution >= 0.6 is 0 Å². The van der Waals surface area contributed by atoms with Gasteiger partial charge in [-0.25, -0.2) is 0 Å². The van der Waals surface area contributed by atoms with Gasteiger partial charge in [0.15, 0.2) is 0 Å². The van der Waals surface area contributed by atoms with E-state index < -0.39 is 12.2 Å². The topological polar surface area (TPSA) is 73.2 Å². The molecule has 3 N–H and O–H groups in total. The summed E-state index contributed by atoms with van der Waals surface area (Å²) in [5.74, 6) is 1.92. The highest BCUT2D eigenvalue weighted by atomic mass is 16.6. The van der Waals surface area contributed by atoms with Crippen molar-refractivity contribution in [1.82, 2.24) is 0 Å². The molecular formula is C27H42O4. The first kappa shape index (κ1) is 23.2. The maximum Gasteiger partial charge on any atom is 0.115 e. The van der Waals surface area contributed by atoms with Crippen LogP contribution < -0.4 is 0 Å². The van der Waals surface area contributed by atoms with Crippen LogP contribution in [0.15, 0.2) is 35.5 Å². The zero-order valence-corrected chi connectivity index (χ0v) is 19.6. The molecule has 4 heteroatoms. The third-order valence-corrected chi connectivity index (χ3v) is 9.19. The lowest BCUT2D eigenvalue weighted by Crippen LogP contribution is -2.36. The fraction of sp³-hybridized carbons (Fsp3) is 0.778. The summed E-state index contributed by atoms with van der Waals surface area (Å²) >= 11 is 0. The summed E-state index contributed by atoms with van der Waals surface area (Å²) in [6.07, 6.45) is 12.0. The molecule has 1 saturated heterocycles. The van der Waals surface area contributed by atoms with E-state index in [1.165, 1.54) is 31.3 Å². The number of rotatable bonds is 6. The molecule has 0 radical (unpaired) electrons. The van der Waals surface area contributed by atoms with Gasteiger partial charge in [0, 0.05) is 6.42 Å². The van der Waals surface area contributed by atoms with Gasteiger partial charge in [-0.1, -0.05) is 38.2 Å². The van der Waals surface area contributed by atoms with Crippen LogP contribution in [0.4, 0.5) is 0 Å². The average Bonchev–Trinajstić information content (AvgIpc) is 3.37. The number of allylic oxidation sites excluding steroid dienone is 3. The molecular weight excluding hydrogens is 388 g/mol. The first-order chi connectivity index (χ1) is 14.6. The lowest BCUT2D eigenvalue weighted by atomic mass is 9.60. The number of ether oxygens (including phenoxy) is 1. The molecule has 4 aliphatic rings. The van der Waals surface area contributed by atoms with E-state index in [-0.39, 0.29) is 11.7 Å². The van der Waals surface area contributed by atoms with Gasteiger partial charge < -0.3 is 20.1 Å². The molecule has 1 heterocycles. The normalized spacial score (nSPS) is 45.0.